The van der Waals surface area contributed by atoms with Gasteiger partial charge < -0.3 is 14.8 Å². The molecule has 1 spiro atoms. The molecule has 3 aliphatic rings. The van der Waals surface area contributed by atoms with Gasteiger partial charge in [-0.3, -0.25) is 9.69 Å². The molecule has 6 rings (SSSR count). The molecular weight excluding hydrogens is 662 g/mol. The molecule has 0 aromatic heterocycles. The van der Waals surface area contributed by atoms with Gasteiger partial charge in [0.25, 0.3) is 0 Å². The SMILES string of the molecule is COc1ccc(NC(=O)[C@@](C)(c2ccccc2)C(F)(F)F)cc1C1=C(CN2C(=O)O[C@H](c3cc(C)cc(C(F)(F)F)c3)[C@@H]2C)CC2(CC1)CC2. The second-order valence-electron chi connectivity index (χ2n) is 13.9. The Morgan fingerprint density at radius 3 is 2.30 bits per heavy atom. The number of nitrogens with one attached hydrogen (secondary N) is 1. The van der Waals surface area contributed by atoms with Gasteiger partial charge in [0, 0.05) is 17.8 Å². The van der Waals surface area contributed by atoms with E-state index in [9.17, 15) is 35.9 Å². The molecule has 1 heterocycles. The summed E-state index contributed by atoms with van der Waals surface area (Å²) in [6.45, 7) is 4.29. The number of amides is 2. The van der Waals surface area contributed by atoms with E-state index in [1.54, 1.807) is 38.1 Å². The van der Waals surface area contributed by atoms with E-state index in [-0.39, 0.29) is 28.8 Å². The number of cyclic esters (lactones) is 1. The van der Waals surface area contributed by atoms with Gasteiger partial charge in [-0.05, 0) is 111 Å². The summed E-state index contributed by atoms with van der Waals surface area (Å²) < 4.78 is 95.6. The molecule has 0 radical (unpaired) electrons. The number of alkyl halides is 6. The van der Waals surface area contributed by atoms with Crippen molar-refractivity contribution in [1.82, 2.24) is 4.90 Å². The fourth-order valence-electron chi connectivity index (χ4n) is 7.27. The summed E-state index contributed by atoms with van der Waals surface area (Å²) in [6.07, 6.45) is -6.89. The number of halogens is 6. The topological polar surface area (TPSA) is 67.9 Å². The van der Waals surface area contributed by atoms with Crippen molar-refractivity contribution in [2.24, 2.45) is 5.41 Å². The smallest absolute Gasteiger partial charge is 0.416 e. The minimum Gasteiger partial charge on any atom is -0.496 e. The number of anilines is 1. The van der Waals surface area contributed by atoms with Crippen molar-refractivity contribution in [3.05, 3.63) is 100 Å². The molecule has 2 amide bonds. The van der Waals surface area contributed by atoms with Crippen LogP contribution in [0.4, 0.5) is 36.8 Å². The van der Waals surface area contributed by atoms with Gasteiger partial charge >= 0.3 is 18.4 Å². The van der Waals surface area contributed by atoms with Crippen LogP contribution in [0.5, 0.6) is 5.75 Å². The van der Waals surface area contributed by atoms with Crippen LogP contribution in [0.25, 0.3) is 5.57 Å². The normalized spacial score (nSPS) is 21.6. The quantitative estimate of drug-likeness (QED) is 0.238. The van der Waals surface area contributed by atoms with Crippen molar-refractivity contribution in [3.63, 3.8) is 0 Å². The first-order valence-corrected chi connectivity index (χ1v) is 16.4. The number of methoxy groups -OCH3 is 1. The van der Waals surface area contributed by atoms with Crippen molar-refractivity contribution in [2.75, 3.05) is 19.0 Å². The Hall–Kier alpha value is -4.48. The lowest BCUT2D eigenvalue weighted by Gasteiger charge is -2.32. The average Bonchev–Trinajstić information content (AvgIpc) is 3.75. The van der Waals surface area contributed by atoms with E-state index < -0.39 is 47.5 Å². The number of aryl methyl sites for hydroxylation is 1. The maximum Gasteiger partial charge on any atom is 0.416 e. The number of benzene rings is 3. The standard InChI is InChI=1S/C38H38F6N2O4/c1-22-16-24(18-27(17-22)37(39,40)41)32-23(2)46(34(48)50-32)21-25-20-36(14-15-36)13-12-29(25)30-19-28(10-11-31(30)49-4)45-33(47)35(3,38(42,43)44)26-8-6-5-7-9-26/h5-11,16-19,23,32H,12-15,20-21H2,1-4H3,(H,45,47)/t23-,32-,35+/m0/s1. The predicted octanol–water partition coefficient (Wildman–Crippen LogP) is 9.78. The van der Waals surface area contributed by atoms with E-state index in [1.165, 1.54) is 42.3 Å². The minimum atomic E-state index is -4.89. The number of rotatable bonds is 8. The monoisotopic (exact) mass is 700 g/mol. The van der Waals surface area contributed by atoms with E-state index in [0.29, 0.717) is 29.7 Å². The van der Waals surface area contributed by atoms with Gasteiger partial charge in [0.1, 0.15) is 11.9 Å². The van der Waals surface area contributed by atoms with E-state index in [4.69, 9.17) is 9.47 Å². The largest absolute Gasteiger partial charge is 0.496 e. The molecular formula is C38H38F6N2O4. The molecule has 3 aromatic carbocycles. The summed E-state index contributed by atoms with van der Waals surface area (Å²) in [7, 11) is 1.47. The second-order valence-corrected chi connectivity index (χ2v) is 13.9. The number of carbonyl (C=O) groups is 2. The molecule has 50 heavy (non-hydrogen) atoms. The summed E-state index contributed by atoms with van der Waals surface area (Å²) in [5.41, 5.74) is -0.655. The van der Waals surface area contributed by atoms with Crippen molar-refractivity contribution in [3.8, 4) is 5.75 Å². The van der Waals surface area contributed by atoms with E-state index >= 15 is 0 Å². The van der Waals surface area contributed by atoms with Crippen LogP contribution in [-0.4, -0.2) is 42.8 Å². The fourth-order valence-corrected chi connectivity index (χ4v) is 7.27. The molecule has 1 N–H and O–H groups in total. The van der Waals surface area contributed by atoms with Gasteiger partial charge in [0.05, 0.1) is 18.7 Å². The zero-order valence-electron chi connectivity index (χ0n) is 28.1. The van der Waals surface area contributed by atoms with E-state index in [2.05, 4.69) is 5.32 Å². The number of allylic oxidation sites excluding steroid dienone is 1. The highest BCUT2D eigenvalue weighted by atomic mass is 19.4. The number of carbonyl (C=O) groups excluding carboxylic acids is 2. The predicted molar refractivity (Wildman–Crippen MR) is 175 cm³/mol. The van der Waals surface area contributed by atoms with E-state index in [0.717, 1.165) is 49.5 Å². The zero-order valence-corrected chi connectivity index (χ0v) is 28.1. The Labute approximate surface area is 286 Å². The Bertz CT molecular complexity index is 1830. The molecule has 3 atom stereocenters. The lowest BCUT2D eigenvalue weighted by molar-refractivity contribution is -0.188. The maximum absolute atomic E-state index is 14.5. The summed E-state index contributed by atoms with van der Waals surface area (Å²) >= 11 is 0. The van der Waals surface area contributed by atoms with Gasteiger partial charge in [-0.25, -0.2) is 4.79 Å². The van der Waals surface area contributed by atoms with Crippen molar-refractivity contribution in [2.45, 2.75) is 82.8 Å². The van der Waals surface area contributed by atoms with Gasteiger partial charge in [-0.2, -0.15) is 26.3 Å². The second kappa shape index (κ2) is 12.7. The molecule has 1 saturated heterocycles. The third-order valence-electron chi connectivity index (χ3n) is 10.5. The van der Waals surface area contributed by atoms with Crippen LogP contribution in [0, 0.1) is 12.3 Å². The summed E-state index contributed by atoms with van der Waals surface area (Å²) in [6, 6.07) is 14.7. The van der Waals surface area contributed by atoms with Crippen LogP contribution in [0.1, 0.15) is 79.9 Å². The lowest BCUT2D eigenvalue weighted by Crippen LogP contribution is -2.49. The summed E-state index contributed by atoms with van der Waals surface area (Å²) in [5.74, 6) is -0.801. The number of hydrogen-bond donors (Lipinski definition) is 1. The maximum atomic E-state index is 14.5. The third-order valence-corrected chi connectivity index (χ3v) is 10.5. The molecule has 2 fully saturated rings. The molecule has 1 saturated carbocycles. The molecule has 3 aromatic rings. The van der Waals surface area contributed by atoms with Crippen molar-refractivity contribution in [1.29, 1.82) is 0 Å². The lowest BCUT2D eigenvalue weighted by atomic mass is 9.78. The molecule has 266 valence electrons. The van der Waals surface area contributed by atoms with Crippen molar-refractivity contribution >= 4 is 23.3 Å². The molecule has 0 bridgehead atoms. The third kappa shape index (κ3) is 6.56. The van der Waals surface area contributed by atoms with Crippen LogP contribution in [0.3, 0.4) is 0 Å². The molecule has 0 unspecified atom stereocenters. The van der Waals surface area contributed by atoms with Crippen LogP contribution >= 0.6 is 0 Å². The van der Waals surface area contributed by atoms with Crippen molar-refractivity contribution < 1.29 is 45.4 Å². The number of ether oxygens (including phenoxy) is 2. The molecule has 2 aliphatic carbocycles. The average molecular weight is 701 g/mol. The minimum absolute atomic E-state index is 0.0759. The van der Waals surface area contributed by atoms with Gasteiger partial charge in [-0.15, -0.1) is 0 Å². The highest BCUT2D eigenvalue weighted by Gasteiger charge is 2.58. The van der Waals surface area contributed by atoms with Crippen LogP contribution in [0.15, 0.2) is 72.3 Å². The van der Waals surface area contributed by atoms with E-state index in [1.807, 2.05) is 0 Å². The zero-order chi connectivity index (χ0) is 36.2. The molecule has 1 aliphatic heterocycles. The first-order chi connectivity index (χ1) is 23.5. The Morgan fingerprint density at radius 2 is 1.68 bits per heavy atom. The van der Waals surface area contributed by atoms with Gasteiger partial charge in [0.2, 0.25) is 5.91 Å². The molecule has 12 heteroatoms. The summed E-state index contributed by atoms with van der Waals surface area (Å²) in [5, 5.41) is 2.49. The number of nitrogens with zero attached hydrogens (tertiary/aromatic N) is 1. The summed E-state index contributed by atoms with van der Waals surface area (Å²) in [4.78, 5) is 28.3. The molecule has 6 nitrogen and oxygen atoms in total. The Balaban J connectivity index is 1.33. The van der Waals surface area contributed by atoms with Crippen LogP contribution in [-0.2, 0) is 21.1 Å². The van der Waals surface area contributed by atoms with Crippen LogP contribution in [0.2, 0.25) is 0 Å². The van der Waals surface area contributed by atoms with Gasteiger partial charge in [-0.1, -0.05) is 42.0 Å². The fraction of sp³-hybridized carbons (Fsp3) is 0.421. The van der Waals surface area contributed by atoms with Gasteiger partial charge in [0.15, 0.2) is 5.41 Å². The Morgan fingerprint density at radius 1 is 0.980 bits per heavy atom. The highest BCUT2D eigenvalue weighted by Crippen LogP contribution is 2.59. The van der Waals surface area contributed by atoms with Crippen LogP contribution < -0.4 is 10.1 Å². The first kappa shape index (κ1) is 35.3. The highest BCUT2D eigenvalue weighted by molar-refractivity contribution is 6.00. The number of hydrogen-bond acceptors (Lipinski definition) is 4. The first-order valence-electron chi connectivity index (χ1n) is 16.4. The Kier molecular flexibility index (Phi) is 8.97.